The van der Waals surface area contributed by atoms with Gasteiger partial charge in [-0.3, -0.25) is 4.79 Å². The van der Waals surface area contributed by atoms with Crippen molar-refractivity contribution in [3.63, 3.8) is 0 Å². The molecule has 3 aromatic carbocycles. The summed E-state index contributed by atoms with van der Waals surface area (Å²) >= 11 is 1.55. The van der Waals surface area contributed by atoms with Gasteiger partial charge in [0.15, 0.2) is 5.78 Å². The van der Waals surface area contributed by atoms with Gasteiger partial charge >= 0.3 is 0 Å². The van der Waals surface area contributed by atoms with E-state index in [9.17, 15) is 9.18 Å². The highest BCUT2D eigenvalue weighted by atomic mass is 32.1. The molecule has 0 spiro atoms. The van der Waals surface area contributed by atoms with E-state index in [1.165, 1.54) is 28.8 Å². The molecule has 0 saturated carbocycles. The summed E-state index contributed by atoms with van der Waals surface area (Å²) in [7, 11) is 0. The lowest BCUT2D eigenvalue weighted by molar-refractivity contribution is 0.0958. The summed E-state index contributed by atoms with van der Waals surface area (Å²) in [4.78, 5) is 14.4. The maximum absolute atomic E-state index is 13.6. The van der Waals surface area contributed by atoms with E-state index in [0.29, 0.717) is 0 Å². The summed E-state index contributed by atoms with van der Waals surface area (Å²) in [6.07, 6.45) is 4.82. The number of Topliss-reactive ketones (excluding diaryl/α,β-unsaturated/α-hetero) is 1. The Labute approximate surface area is 213 Å². The molecule has 0 amide bonds. The minimum atomic E-state index is -0.275. The Bertz CT molecular complexity index is 1260. The van der Waals surface area contributed by atoms with Crippen molar-refractivity contribution in [3.05, 3.63) is 106 Å². The molecule has 35 heavy (non-hydrogen) atoms. The fraction of sp³-hybridized carbons (Fsp3) is 0.344. The third kappa shape index (κ3) is 5.56. The van der Waals surface area contributed by atoms with E-state index in [1.54, 1.807) is 23.5 Å². The zero-order chi connectivity index (χ0) is 25.0. The topological polar surface area (TPSA) is 17.1 Å². The molecule has 1 aromatic heterocycles. The Balaban J connectivity index is 1.52. The van der Waals surface area contributed by atoms with Crippen LogP contribution < -0.4 is 0 Å². The van der Waals surface area contributed by atoms with Gasteiger partial charge in [-0.2, -0.15) is 0 Å². The normalized spacial score (nSPS) is 12.7. The third-order valence-corrected chi connectivity index (χ3v) is 8.85. The first-order valence-electron chi connectivity index (χ1n) is 12.7. The Hall–Kier alpha value is -2.78. The fourth-order valence-electron chi connectivity index (χ4n) is 5.12. The van der Waals surface area contributed by atoms with Crippen LogP contribution in [0.4, 0.5) is 4.39 Å². The molecule has 1 unspecified atom stereocenters. The van der Waals surface area contributed by atoms with Crippen LogP contribution in [-0.4, -0.2) is 5.78 Å². The van der Waals surface area contributed by atoms with Crippen LogP contribution in [0.25, 0.3) is 10.1 Å². The Morgan fingerprint density at radius 2 is 1.69 bits per heavy atom. The number of hydrogen-bond acceptors (Lipinski definition) is 2. The molecule has 0 aliphatic heterocycles. The first-order valence-corrected chi connectivity index (χ1v) is 13.5. The number of ketones is 1. The van der Waals surface area contributed by atoms with Crippen molar-refractivity contribution in [2.45, 2.75) is 71.1 Å². The van der Waals surface area contributed by atoms with Crippen molar-refractivity contribution in [2.75, 3.05) is 0 Å². The molecular weight excluding hydrogens is 451 g/mol. The van der Waals surface area contributed by atoms with Crippen molar-refractivity contribution >= 4 is 27.2 Å². The van der Waals surface area contributed by atoms with E-state index >= 15 is 0 Å². The number of carbonyl (C=O) groups excluding carboxylic acids is 1. The van der Waals surface area contributed by atoms with Gasteiger partial charge in [0.05, 0.1) is 4.88 Å². The predicted molar refractivity (Wildman–Crippen MR) is 147 cm³/mol. The molecule has 0 aliphatic carbocycles. The Morgan fingerprint density at radius 1 is 0.971 bits per heavy atom. The van der Waals surface area contributed by atoms with Crippen LogP contribution in [-0.2, 0) is 11.8 Å². The molecule has 1 nitrogen and oxygen atoms in total. The number of carbonyl (C=O) groups is 1. The van der Waals surface area contributed by atoms with Crippen molar-refractivity contribution in [1.29, 1.82) is 0 Å². The summed E-state index contributed by atoms with van der Waals surface area (Å²) in [6.45, 7) is 9.09. The molecule has 0 bridgehead atoms. The van der Waals surface area contributed by atoms with Gasteiger partial charge in [0.1, 0.15) is 5.82 Å². The van der Waals surface area contributed by atoms with Crippen molar-refractivity contribution in [2.24, 2.45) is 0 Å². The third-order valence-electron chi connectivity index (χ3n) is 7.72. The number of halogens is 1. The van der Waals surface area contributed by atoms with Gasteiger partial charge in [-0.25, -0.2) is 4.39 Å². The predicted octanol–water partition coefficient (Wildman–Crippen LogP) is 9.42. The second-order valence-electron chi connectivity index (χ2n) is 9.93. The average molecular weight is 487 g/mol. The van der Waals surface area contributed by atoms with Gasteiger partial charge < -0.3 is 0 Å². The monoisotopic (exact) mass is 486 g/mol. The zero-order valence-corrected chi connectivity index (χ0v) is 22.1. The molecule has 0 N–H and O–H groups in total. The highest BCUT2D eigenvalue weighted by Gasteiger charge is 2.25. The van der Waals surface area contributed by atoms with Gasteiger partial charge in [0, 0.05) is 10.6 Å². The number of rotatable bonds is 10. The fourth-order valence-corrected chi connectivity index (χ4v) is 6.18. The molecule has 4 rings (SSSR count). The van der Waals surface area contributed by atoms with Crippen LogP contribution >= 0.6 is 11.3 Å². The second kappa shape index (κ2) is 10.9. The van der Waals surface area contributed by atoms with E-state index in [0.717, 1.165) is 52.6 Å². The van der Waals surface area contributed by atoms with Crippen LogP contribution in [0.15, 0.2) is 72.8 Å². The van der Waals surface area contributed by atoms with E-state index in [1.807, 2.05) is 24.3 Å². The molecule has 0 saturated heterocycles. The Kier molecular flexibility index (Phi) is 7.86. The first-order chi connectivity index (χ1) is 16.8. The lowest BCUT2D eigenvalue weighted by atomic mass is 9.75. The minimum Gasteiger partial charge on any atom is -0.293 e. The van der Waals surface area contributed by atoms with Gasteiger partial charge in [0.25, 0.3) is 0 Å². The highest BCUT2D eigenvalue weighted by Crippen LogP contribution is 2.35. The summed E-state index contributed by atoms with van der Waals surface area (Å²) in [5.41, 5.74) is 5.21. The summed E-state index contributed by atoms with van der Waals surface area (Å²) in [5.74, 6) is -0.415. The molecule has 0 fully saturated rings. The minimum absolute atomic E-state index is 0.131. The average Bonchev–Trinajstić information content (AvgIpc) is 3.31. The molecule has 4 aromatic rings. The Morgan fingerprint density at radius 3 is 2.34 bits per heavy atom. The van der Waals surface area contributed by atoms with Crippen molar-refractivity contribution in [1.82, 2.24) is 0 Å². The van der Waals surface area contributed by atoms with Gasteiger partial charge in [-0.1, -0.05) is 69.3 Å². The second-order valence-corrected chi connectivity index (χ2v) is 11.0. The number of aryl methyl sites for hydroxylation is 2. The van der Waals surface area contributed by atoms with Gasteiger partial charge in [-0.05, 0) is 96.3 Å². The van der Waals surface area contributed by atoms with Crippen LogP contribution in [0.1, 0.15) is 84.3 Å². The van der Waals surface area contributed by atoms with E-state index < -0.39 is 0 Å². The van der Waals surface area contributed by atoms with Crippen LogP contribution in [0, 0.1) is 12.7 Å². The number of benzene rings is 3. The smallest absolute Gasteiger partial charge is 0.180 e. The molecule has 0 radical (unpaired) electrons. The highest BCUT2D eigenvalue weighted by molar-refractivity contribution is 7.20. The molecular formula is C32H35FOS. The number of fused-ring (bicyclic) bond motifs is 1. The maximum atomic E-state index is 13.6. The van der Waals surface area contributed by atoms with Crippen molar-refractivity contribution in [3.8, 4) is 0 Å². The molecule has 3 heteroatoms. The molecule has 1 atom stereocenters. The van der Waals surface area contributed by atoms with E-state index in [4.69, 9.17) is 0 Å². The molecule has 182 valence electrons. The maximum Gasteiger partial charge on any atom is 0.180 e. The molecule has 1 heterocycles. The molecule has 0 aliphatic rings. The summed E-state index contributed by atoms with van der Waals surface area (Å²) in [6, 6.07) is 23.4. The van der Waals surface area contributed by atoms with Gasteiger partial charge in [0.2, 0.25) is 0 Å². The number of thiophene rings is 1. The lowest BCUT2D eigenvalue weighted by Gasteiger charge is -2.29. The SMILES string of the molecule is CCC(C)(CC)c1ccc(CCCC(C(=O)c2cc3ccccc3s2)c2ccc(F)cc2)cc1C. The van der Waals surface area contributed by atoms with Crippen LogP contribution in [0.5, 0.6) is 0 Å². The lowest BCUT2D eigenvalue weighted by Crippen LogP contribution is -2.21. The van der Waals surface area contributed by atoms with Crippen molar-refractivity contribution < 1.29 is 9.18 Å². The first kappa shape index (κ1) is 25.3. The van der Waals surface area contributed by atoms with Crippen LogP contribution in [0.2, 0.25) is 0 Å². The summed E-state index contributed by atoms with van der Waals surface area (Å²) < 4.78 is 14.7. The van der Waals surface area contributed by atoms with Gasteiger partial charge in [-0.15, -0.1) is 11.3 Å². The van der Waals surface area contributed by atoms with E-state index in [2.05, 4.69) is 52.0 Å². The van der Waals surface area contributed by atoms with Crippen LogP contribution in [0.3, 0.4) is 0 Å². The number of hydrogen-bond donors (Lipinski definition) is 0. The van der Waals surface area contributed by atoms with E-state index in [-0.39, 0.29) is 22.9 Å². The quantitative estimate of drug-likeness (QED) is 0.204. The largest absolute Gasteiger partial charge is 0.293 e. The zero-order valence-electron chi connectivity index (χ0n) is 21.2. The standard InChI is InChI=1S/C32H35FOS/c1-5-32(4,6-2)28-19-14-23(20-22(28)3)10-9-12-27(24-15-17-26(33)18-16-24)31(34)30-21-25-11-7-8-13-29(25)35-30/h7-8,11,13-21,27H,5-6,9-10,12H2,1-4H3. The summed E-state index contributed by atoms with van der Waals surface area (Å²) in [5, 5.41) is 1.10.